The number of benzene rings is 5. The number of methoxy groups -OCH3 is 1. The molecule has 6 aromatic rings. The number of carbonyl (C=O) groups is 2. The molecule has 0 radical (unpaired) electrons. The second kappa shape index (κ2) is 15.5. The zero-order valence-electron chi connectivity index (χ0n) is 29.8. The van der Waals surface area contributed by atoms with E-state index in [9.17, 15) is 9.59 Å². The molecular weight excluding hydrogens is 665 g/mol. The smallest absolute Gasteiger partial charge is 0.337 e. The van der Waals surface area contributed by atoms with Gasteiger partial charge >= 0.3 is 11.9 Å². The lowest BCUT2D eigenvalue weighted by molar-refractivity contribution is -0.144. The van der Waals surface area contributed by atoms with Crippen LogP contribution in [0.15, 0.2) is 151 Å². The predicted octanol–water partition coefficient (Wildman–Crippen LogP) is 6.59. The number of esters is 2. The fourth-order valence-corrected chi connectivity index (χ4v) is 7.13. The molecule has 10 nitrogen and oxygen atoms in total. The van der Waals surface area contributed by atoms with Crippen LogP contribution in [0, 0.1) is 0 Å². The van der Waals surface area contributed by atoms with E-state index in [4.69, 9.17) is 19.8 Å². The van der Waals surface area contributed by atoms with Crippen LogP contribution in [-0.2, 0) is 31.0 Å². The molecule has 266 valence electrons. The number of hydrogen-bond acceptors (Lipinski definition) is 9. The van der Waals surface area contributed by atoms with E-state index in [1.54, 1.807) is 23.7 Å². The molecule has 0 saturated heterocycles. The summed E-state index contributed by atoms with van der Waals surface area (Å²) in [6.45, 7) is 3.82. The number of carbonyl (C=O) groups excluding carboxylic acids is 2. The standard InChI is InChI=1S/C43H40N6O4/c1-4-53-39(50)29-48-30(2)40(42(51)52-3)38(45-48)28-31-24-26-32(27-25-31)36-22-14-15-23-37(36)41-44-47-49(46-41)43(33-16-8-5-9-17-33,34-18-10-6-11-19-34)35-20-12-7-13-21-35/h5-27,38,45H,4,28-29H2,1-3H3. The van der Waals surface area contributed by atoms with Gasteiger partial charge < -0.3 is 14.5 Å². The van der Waals surface area contributed by atoms with Gasteiger partial charge in [-0.2, -0.15) is 0 Å². The summed E-state index contributed by atoms with van der Waals surface area (Å²) in [6.07, 6.45) is 0.499. The lowest BCUT2D eigenvalue weighted by Crippen LogP contribution is -2.42. The van der Waals surface area contributed by atoms with Gasteiger partial charge in [0.2, 0.25) is 5.82 Å². The zero-order valence-corrected chi connectivity index (χ0v) is 29.8. The van der Waals surface area contributed by atoms with Gasteiger partial charge in [0.15, 0.2) is 5.54 Å². The van der Waals surface area contributed by atoms with Crippen molar-refractivity contribution in [1.29, 1.82) is 0 Å². The van der Waals surface area contributed by atoms with E-state index in [-0.39, 0.29) is 25.2 Å². The fraction of sp³-hybridized carbons (Fsp3) is 0.186. The molecule has 0 bridgehead atoms. The third kappa shape index (κ3) is 6.84. The van der Waals surface area contributed by atoms with Crippen molar-refractivity contribution in [2.24, 2.45) is 0 Å². The topological polar surface area (TPSA) is 111 Å². The minimum Gasteiger partial charge on any atom is -0.466 e. The number of nitrogens with one attached hydrogen (secondary N) is 1. The van der Waals surface area contributed by atoms with Crippen LogP contribution in [0.25, 0.3) is 22.5 Å². The Balaban J connectivity index is 1.22. The molecule has 0 saturated carbocycles. The quantitative estimate of drug-likeness (QED) is 0.111. The van der Waals surface area contributed by atoms with Crippen molar-refractivity contribution >= 4 is 11.9 Å². The Bertz CT molecular complexity index is 2120. The number of tetrazole rings is 1. The molecule has 0 fully saturated rings. The number of ether oxygens (including phenoxy) is 2. The van der Waals surface area contributed by atoms with Crippen LogP contribution >= 0.6 is 0 Å². The molecular formula is C43H40N6O4. The molecule has 2 heterocycles. The molecule has 1 aliphatic heterocycles. The van der Waals surface area contributed by atoms with E-state index in [1.165, 1.54) is 7.11 Å². The molecule has 1 aliphatic rings. The normalized spacial score (nSPS) is 14.3. The average Bonchev–Trinajstić information content (AvgIpc) is 3.81. The van der Waals surface area contributed by atoms with Crippen LogP contribution in [0.2, 0.25) is 0 Å². The molecule has 53 heavy (non-hydrogen) atoms. The van der Waals surface area contributed by atoms with Gasteiger partial charge in [-0.25, -0.2) is 10.2 Å². The SMILES string of the molecule is CCOC(=O)CN1NC(Cc2ccc(-c3ccccc3-c3nnn(C(c4ccccc4)(c4ccccc4)c4ccccc4)n3)cc2)C(C(=O)OC)=C1C. The summed E-state index contributed by atoms with van der Waals surface area (Å²) < 4.78 is 10.2. The largest absolute Gasteiger partial charge is 0.466 e. The first kappa shape index (κ1) is 35.0. The average molecular weight is 705 g/mol. The third-order valence-electron chi connectivity index (χ3n) is 9.61. The van der Waals surface area contributed by atoms with Crippen LogP contribution in [-0.4, -0.2) is 63.5 Å². The number of hydrogen-bond donors (Lipinski definition) is 1. The van der Waals surface area contributed by atoms with E-state index in [1.807, 2.05) is 84.9 Å². The lowest BCUT2D eigenvalue weighted by Gasteiger charge is -2.34. The number of allylic oxidation sites excluding steroid dienone is 1. The van der Waals surface area contributed by atoms with Crippen molar-refractivity contribution in [3.63, 3.8) is 0 Å². The highest BCUT2D eigenvalue weighted by Gasteiger charge is 2.41. The van der Waals surface area contributed by atoms with Gasteiger partial charge in [-0.05, 0) is 58.9 Å². The molecule has 7 rings (SSSR count). The van der Waals surface area contributed by atoms with Crippen molar-refractivity contribution < 1.29 is 19.1 Å². The monoisotopic (exact) mass is 704 g/mol. The van der Waals surface area contributed by atoms with Crippen molar-refractivity contribution in [1.82, 2.24) is 30.6 Å². The van der Waals surface area contributed by atoms with Gasteiger partial charge in [-0.1, -0.05) is 140 Å². The van der Waals surface area contributed by atoms with Gasteiger partial charge in [-0.15, -0.1) is 15.0 Å². The number of rotatable bonds is 12. The first-order valence-electron chi connectivity index (χ1n) is 17.6. The van der Waals surface area contributed by atoms with E-state index in [0.717, 1.165) is 38.9 Å². The molecule has 5 aromatic carbocycles. The van der Waals surface area contributed by atoms with Gasteiger partial charge in [0.25, 0.3) is 0 Å². The first-order valence-corrected chi connectivity index (χ1v) is 17.6. The van der Waals surface area contributed by atoms with Crippen LogP contribution < -0.4 is 5.43 Å². The number of nitrogens with zero attached hydrogens (tertiary/aromatic N) is 5. The maximum absolute atomic E-state index is 12.8. The molecule has 1 atom stereocenters. The first-order chi connectivity index (χ1) is 25.9. The Morgan fingerprint density at radius 1 is 0.755 bits per heavy atom. The van der Waals surface area contributed by atoms with Crippen molar-refractivity contribution in [2.75, 3.05) is 20.3 Å². The third-order valence-corrected chi connectivity index (χ3v) is 9.61. The molecule has 1 N–H and O–H groups in total. The lowest BCUT2D eigenvalue weighted by atomic mass is 9.77. The number of aromatic nitrogens is 4. The van der Waals surface area contributed by atoms with E-state index < -0.39 is 11.5 Å². The Kier molecular flexibility index (Phi) is 10.2. The maximum Gasteiger partial charge on any atom is 0.337 e. The van der Waals surface area contributed by atoms with E-state index in [2.05, 4.69) is 65.1 Å². The van der Waals surface area contributed by atoms with Crippen LogP contribution in [0.3, 0.4) is 0 Å². The molecule has 0 amide bonds. The Labute approximate surface area is 308 Å². The summed E-state index contributed by atoms with van der Waals surface area (Å²) in [4.78, 5) is 26.8. The van der Waals surface area contributed by atoms with Crippen LogP contribution in [0.5, 0.6) is 0 Å². The molecule has 1 aromatic heterocycles. The fourth-order valence-electron chi connectivity index (χ4n) is 7.13. The highest BCUT2D eigenvalue weighted by atomic mass is 16.5. The summed E-state index contributed by atoms with van der Waals surface area (Å²) >= 11 is 0. The summed E-state index contributed by atoms with van der Waals surface area (Å²) in [5, 5.41) is 16.2. The molecule has 0 aliphatic carbocycles. The van der Waals surface area contributed by atoms with Gasteiger partial charge in [-0.3, -0.25) is 4.79 Å². The summed E-state index contributed by atoms with van der Waals surface area (Å²) in [7, 11) is 1.36. The van der Waals surface area contributed by atoms with E-state index in [0.29, 0.717) is 23.5 Å². The number of hydrazine groups is 1. The van der Waals surface area contributed by atoms with Crippen molar-refractivity contribution in [2.45, 2.75) is 31.8 Å². The Morgan fingerprint density at radius 3 is 1.85 bits per heavy atom. The predicted molar refractivity (Wildman–Crippen MR) is 202 cm³/mol. The van der Waals surface area contributed by atoms with Crippen LogP contribution in [0.1, 0.15) is 36.1 Å². The Morgan fingerprint density at radius 2 is 1.30 bits per heavy atom. The summed E-state index contributed by atoms with van der Waals surface area (Å²) in [5.41, 5.74) is 10.3. The summed E-state index contributed by atoms with van der Waals surface area (Å²) in [5.74, 6) is -0.321. The molecule has 0 spiro atoms. The zero-order chi connectivity index (χ0) is 36.8. The van der Waals surface area contributed by atoms with Crippen molar-refractivity contribution in [3.8, 4) is 22.5 Å². The summed E-state index contributed by atoms with van der Waals surface area (Å²) in [6, 6.07) is 46.7. The minimum atomic E-state index is -0.887. The maximum atomic E-state index is 12.8. The van der Waals surface area contributed by atoms with E-state index >= 15 is 0 Å². The highest BCUT2D eigenvalue weighted by Crippen LogP contribution is 2.40. The highest BCUT2D eigenvalue weighted by molar-refractivity contribution is 5.91. The van der Waals surface area contributed by atoms with Crippen molar-refractivity contribution in [3.05, 3.63) is 173 Å². The molecule has 10 heteroatoms. The molecule has 1 unspecified atom stereocenters. The van der Waals surface area contributed by atoms with Gasteiger partial charge in [0, 0.05) is 11.3 Å². The van der Waals surface area contributed by atoms with Gasteiger partial charge in [0.05, 0.1) is 25.3 Å². The van der Waals surface area contributed by atoms with Crippen LogP contribution in [0.4, 0.5) is 0 Å². The Hall–Kier alpha value is -6.39. The second-order valence-corrected chi connectivity index (χ2v) is 12.7. The second-order valence-electron chi connectivity index (χ2n) is 12.7. The van der Waals surface area contributed by atoms with Gasteiger partial charge in [0.1, 0.15) is 6.54 Å². The minimum absolute atomic E-state index is 0.0196.